The van der Waals surface area contributed by atoms with Gasteiger partial charge in [0.15, 0.2) is 0 Å². The monoisotopic (exact) mass is 272 g/mol. The average Bonchev–Trinajstić information content (AvgIpc) is 2.12. The molecule has 0 unspecified atom stereocenters. The Morgan fingerprint density at radius 1 is 0.944 bits per heavy atom. The highest BCUT2D eigenvalue weighted by Crippen LogP contribution is 2.35. The van der Waals surface area contributed by atoms with Crippen LogP contribution < -0.4 is 5.46 Å². The van der Waals surface area contributed by atoms with E-state index in [4.69, 9.17) is 10.0 Å². The topological polar surface area (TPSA) is 40.5 Å². The third-order valence-electron chi connectivity index (χ3n) is 2.30. The van der Waals surface area contributed by atoms with Gasteiger partial charge in [0, 0.05) is 5.46 Å². The van der Waals surface area contributed by atoms with Crippen LogP contribution in [0.25, 0.3) is 0 Å². The molecule has 1 aromatic rings. The molecule has 1 rings (SSSR count). The molecule has 0 heterocycles. The summed E-state index contributed by atoms with van der Waals surface area (Å²) >= 11 is 0. The summed E-state index contributed by atoms with van der Waals surface area (Å²) in [6, 6.07) is 1.02. The van der Waals surface area contributed by atoms with Crippen LogP contribution in [0, 0.1) is 6.92 Å². The zero-order valence-corrected chi connectivity index (χ0v) is 8.89. The molecule has 2 N–H and O–H groups in total. The molecule has 0 aromatic heterocycles. The average molecular weight is 272 g/mol. The lowest BCUT2D eigenvalue weighted by molar-refractivity contribution is -0.141. The van der Waals surface area contributed by atoms with Gasteiger partial charge >= 0.3 is 19.5 Å². The van der Waals surface area contributed by atoms with Crippen LogP contribution in [-0.4, -0.2) is 17.2 Å². The standard InChI is InChI=1S/C9H7BF6O2/c1-4-2-3-5(8(11,12)13)7(10(17)18)6(4)9(14,15)16/h2-3,17-18H,1H3. The van der Waals surface area contributed by atoms with Gasteiger partial charge in [-0.1, -0.05) is 12.1 Å². The van der Waals surface area contributed by atoms with Gasteiger partial charge in [-0.2, -0.15) is 26.3 Å². The first-order chi connectivity index (χ1) is 7.96. The van der Waals surface area contributed by atoms with Crippen molar-refractivity contribution >= 4 is 12.6 Å². The third-order valence-corrected chi connectivity index (χ3v) is 2.30. The first kappa shape index (κ1) is 14.8. The smallest absolute Gasteiger partial charge is 0.423 e. The van der Waals surface area contributed by atoms with Crippen LogP contribution in [-0.2, 0) is 12.4 Å². The van der Waals surface area contributed by atoms with Crippen molar-refractivity contribution in [1.29, 1.82) is 0 Å². The van der Waals surface area contributed by atoms with Crippen LogP contribution in [0.5, 0.6) is 0 Å². The molecule has 0 atom stereocenters. The highest BCUT2D eigenvalue weighted by molar-refractivity contribution is 6.60. The van der Waals surface area contributed by atoms with Crippen LogP contribution >= 0.6 is 0 Å². The number of alkyl halides is 6. The first-order valence-electron chi connectivity index (χ1n) is 4.60. The Morgan fingerprint density at radius 2 is 1.44 bits per heavy atom. The quantitative estimate of drug-likeness (QED) is 0.603. The Bertz CT molecular complexity index is 452. The van der Waals surface area contributed by atoms with Crippen LogP contribution in [0.4, 0.5) is 26.3 Å². The van der Waals surface area contributed by atoms with Gasteiger partial charge in [-0.05, 0) is 12.5 Å². The lowest BCUT2D eigenvalue weighted by Gasteiger charge is -2.20. The summed E-state index contributed by atoms with van der Waals surface area (Å²) in [5.41, 5.74) is -5.48. The van der Waals surface area contributed by atoms with Gasteiger partial charge in [-0.15, -0.1) is 0 Å². The van der Waals surface area contributed by atoms with E-state index in [2.05, 4.69) is 0 Å². The predicted octanol–water partition coefficient (Wildman–Crippen LogP) is 1.71. The van der Waals surface area contributed by atoms with Gasteiger partial charge in [-0.25, -0.2) is 0 Å². The van der Waals surface area contributed by atoms with E-state index in [-0.39, 0.29) is 0 Å². The second-order valence-corrected chi connectivity index (χ2v) is 3.59. The van der Waals surface area contributed by atoms with E-state index in [1.54, 1.807) is 0 Å². The minimum absolute atomic E-state index is 0.388. The second-order valence-electron chi connectivity index (χ2n) is 3.59. The number of rotatable bonds is 1. The van der Waals surface area contributed by atoms with Gasteiger partial charge in [0.2, 0.25) is 0 Å². The summed E-state index contributed by atoms with van der Waals surface area (Å²) in [5, 5.41) is 17.6. The van der Waals surface area contributed by atoms with Crippen molar-refractivity contribution in [3.63, 3.8) is 0 Å². The fraction of sp³-hybridized carbons (Fsp3) is 0.333. The number of hydrogen-bond acceptors (Lipinski definition) is 2. The van der Waals surface area contributed by atoms with Crippen molar-refractivity contribution in [3.05, 3.63) is 28.8 Å². The molecule has 0 aliphatic rings. The largest absolute Gasteiger partial charge is 0.489 e. The molecule has 100 valence electrons. The Labute approximate surface area is 98.0 Å². The minimum Gasteiger partial charge on any atom is -0.423 e. The molecular weight excluding hydrogens is 265 g/mol. The maximum absolute atomic E-state index is 12.6. The minimum atomic E-state index is -5.11. The van der Waals surface area contributed by atoms with Gasteiger partial charge in [0.05, 0.1) is 11.1 Å². The van der Waals surface area contributed by atoms with Crippen LogP contribution in [0.3, 0.4) is 0 Å². The van der Waals surface area contributed by atoms with E-state index in [0.29, 0.717) is 12.1 Å². The van der Waals surface area contributed by atoms with Gasteiger partial charge < -0.3 is 10.0 Å². The lowest BCUT2D eigenvalue weighted by Crippen LogP contribution is -2.41. The van der Waals surface area contributed by atoms with Crippen molar-refractivity contribution < 1.29 is 36.4 Å². The van der Waals surface area contributed by atoms with Crippen molar-refractivity contribution in [2.75, 3.05) is 0 Å². The van der Waals surface area contributed by atoms with Gasteiger partial charge in [0.1, 0.15) is 0 Å². The molecule has 0 radical (unpaired) electrons. The Hall–Kier alpha value is -1.22. The fourth-order valence-corrected chi connectivity index (χ4v) is 1.62. The second kappa shape index (κ2) is 4.47. The van der Waals surface area contributed by atoms with Crippen molar-refractivity contribution in [3.8, 4) is 0 Å². The van der Waals surface area contributed by atoms with Crippen LogP contribution in [0.1, 0.15) is 16.7 Å². The van der Waals surface area contributed by atoms with Crippen molar-refractivity contribution in [2.24, 2.45) is 0 Å². The van der Waals surface area contributed by atoms with E-state index >= 15 is 0 Å². The third kappa shape index (κ3) is 2.78. The van der Waals surface area contributed by atoms with Crippen LogP contribution in [0.2, 0.25) is 0 Å². The van der Waals surface area contributed by atoms with E-state index in [1.165, 1.54) is 0 Å². The zero-order valence-electron chi connectivity index (χ0n) is 8.89. The fourth-order valence-electron chi connectivity index (χ4n) is 1.62. The van der Waals surface area contributed by atoms with E-state index in [9.17, 15) is 26.3 Å². The number of hydrogen-bond donors (Lipinski definition) is 2. The molecule has 0 saturated carbocycles. The summed E-state index contributed by atoms with van der Waals surface area (Å²) in [5.74, 6) is 0. The summed E-state index contributed by atoms with van der Waals surface area (Å²) in [6.07, 6.45) is -10.2. The molecule has 9 heteroatoms. The Morgan fingerprint density at radius 3 is 1.78 bits per heavy atom. The Balaban J connectivity index is 3.70. The lowest BCUT2D eigenvalue weighted by atomic mass is 9.72. The molecule has 0 fully saturated rings. The molecule has 0 aliphatic carbocycles. The summed E-state index contributed by atoms with van der Waals surface area (Å²) < 4.78 is 75.5. The molecule has 2 nitrogen and oxygen atoms in total. The first-order valence-corrected chi connectivity index (χ1v) is 4.60. The molecule has 1 aromatic carbocycles. The van der Waals surface area contributed by atoms with Crippen molar-refractivity contribution in [2.45, 2.75) is 19.3 Å². The Kier molecular flexibility index (Phi) is 3.69. The highest BCUT2D eigenvalue weighted by atomic mass is 19.4. The zero-order chi connectivity index (χ0) is 14.3. The molecule has 18 heavy (non-hydrogen) atoms. The predicted molar refractivity (Wildman–Crippen MR) is 51.0 cm³/mol. The highest BCUT2D eigenvalue weighted by Gasteiger charge is 2.44. The van der Waals surface area contributed by atoms with E-state index < -0.39 is 41.6 Å². The van der Waals surface area contributed by atoms with Gasteiger partial charge in [0.25, 0.3) is 0 Å². The summed E-state index contributed by atoms with van der Waals surface area (Å²) in [7, 11) is -2.86. The maximum Gasteiger partial charge on any atom is 0.489 e. The molecule has 0 bridgehead atoms. The number of halogens is 6. The van der Waals surface area contributed by atoms with Gasteiger partial charge in [-0.3, -0.25) is 0 Å². The molecular formula is C9H7BF6O2. The van der Waals surface area contributed by atoms with Crippen molar-refractivity contribution in [1.82, 2.24) is 0 Å². The number of aryl methyl sites for hydroxylation is 1. The van der Waals surface area contributed by atoms with E-state index in [0.717, 1.165) is 6.92 Å². The normalized spacial score (nSPS) is 12.7. The molecule has 0 saturated heterocycles. The van der Waals surface area contributed by atoms with E-state index in [1.807, 2.05) is 0 Å². The number of benzene rings is 1. The SMILES string of the molecule is Cc1ccc(C(F)(F)F)c(B(O)O)c1C(F)(F)F. The molecule has 0 spiro atoms. The van der Waals surface area contributed by atoms with Crippen LogP contribution in [0.15, 0.2) is 12.1 Å². The summed E-state index contributed by atoms with van der Waals surface area (Å²) in [6.45, 7) is 0.939. The molecule has 0 amide bonds. The molecule has 0 aliphatic heterocycles. The maximum atomic E-state index is 12.6. The summed E-state index contributed by atoms with van der Waals surface area (Å²) in [4.78, 5) is 0.